The average Bonchev–Trinajstić information content (AvgIpc) is 3.06. The highest BCUT2D eigenvalue weighted by atomic mass is 35.5. The first-order valence-electron chi connectivity index (χ1n) is 12.2. The zero-order valence-electron chi connectivity index (χ0n) is 20.0. The second-order valence-corrected chi connectivity index (χ2v) is 10.5. The molecule has 0 bridgehead atoms. The van der Waals surface area contributed by atoms with Crippen molar-refractivity contribution in [1.82, 2.24) is 10.2 Å². The summed E-state index contributed by atoms with van der Waals surface area (Å²) in [4.78, 5) is 17.0. The van der Waals surface area contributed by atoms with E-state index in [-0.39, 0.29) is 11.9 Å². The number of aliphatic hydroxyl groups excluding tert-OH is 1. The number of aliphatic hydroxyl groups is 1. The third-order valence-electron chi connectivity index (χ3n) is 7.27. The van der Waals surface area contributed by atoms with Gasteiger partial charge in [-0.25, -0.2) is 4.79 Å². The van der Waals surface area contributed by atoms with Crippen LogP contribution in [0.15, 0.2) is 54.6 Å². The highest BCUT2D eigenvalue weighted by molar-refractivity contribution is 6.40. The Morgan fingerprint density at radius 2 is 1.67 bits per heavy atom. The minimum absolute atomic E-state index is 0.219. The summed E-state index contributed by atoms with van der Waals surface area (Å²) in [5.41, 5.74) is 5.14. The minimum atomic E-state index is -0.440. The fourth-order valence-corrected chi connectivity index (χ4v) is 6.15. The van der Waals surface area contributed by atoms with Crippen LogP contribution < -0.4 is 10.2 Å². The van der Waals surface area contributed by atoms with Gasteiger partial charge in [0.1, 0.15) is 6.23 Å². The molecule has 8 heteroatoms. The normalized spacial score (nSPS) is 20.6. The molecule has 2 aliphatic heterocycles. The van der Waals surface area contributed by atoms with Crippen molar-refractivity contribution < 1.29 is 9.90 Å². The Balaban J connectivity index is 1.71. The molecule has 1 fully saturated rings. The molecule has 188 valence electrons. The number of benzene rings is 3. The van der Waals surface area contributed by atoms with Gasteiger partial charge in [0.2, 0.25) is 0 Å². The van der Waals surface area contributed by atoms with Crippen molar-refractivity contribution in [3.8, 4) is 11.1 Å². The maximum Gasteiger partial charge on any atom is 0.326 e. The first-order valence-corrected chi connectivity index (χ1v) is 13.4. The van der Waals surface area contributed by atoms with Crippen LogP contribution in [-0.4, -0.2) is 35.4 Å². The van der Waals surface area contributed by atoms with Gasteiger partial charge >= 0.3 is 6.03 Å². The van der Waals surface area contributed by atoms with Crippen molar-refractivity contribution in [2.45, 2.75) is 44.9 Å². The molecule has 2 atom stereocenters. The van der Waals surface area contributed by atoms with Crippen LogP contribution in [0.5, 0.6) is 0 Å². The van der Waals surface area contributed by atoms with Crippen LogP contribution in [0.4, 0.5) is 16.2 Å². The number of hydrogen-bond acceptors (Lipinski definition) is 3. The lowest BCUT2D eigenvalue weighted by molar-refractivity contribution is 0.00830. The second-order valence-electron chi connectivity index (χ2n) is 9.28. The number of halogens is 3. The van der Waals surface area contributed by atoms with Gasteiger partial charge in [-0.05, 0) is 67.1 Å². The third-order valence-corrected chi connectivity index (χ3v) is 8.21. The van der Waals surface area contributed by atoms with E-state index in [0.717, 1.165) is 53.9 Å². The van der Waals surface area contributed by atoms with Gasteiger partial charge < -0.3 is 10.4 Å². The summed E-state index contributed by atoms with van der Waals surface area (Å²) in [6, 6.07) is 17.0. The van der Waals surface area contributed by atoms with Crippen LogP contribution in [-0.2, 0) is 6.54 Å². The number of carbonyl (C=O) groups is 1. The Morgan fingerprint density at radius 1 is 0.944 bits per heavy atom. The van der Waals surface area contributed by atoms with Gasteiger partial charge in [0, 0.05) is 29.2 Å². The van der Waals surface area contributed by atoms with Crippen LogP contribution in [0.1, 0.15) is 43.2 Å². The Morgan fingerprint density at radius 3 is 2.39 bits per heavy atom. The van der Waals surface area contributed by atoms with E-state index in [9.17, 15) is 9.90 Å². The second kappa shape index (κ2) is 10.6. The highest BCUT2D eigenvalue weighted by Gasteiger charge is 2.33. The van der Waals surface area contributed by atoms with Crippen LogP contribution in [0.25, 0.3) is 11.1 Å². The van der Waals surface area contributed by atoms with E-state index in [2.05, 4.69) is 29.3 Å². The van der Waals surface area contributed by atoms with Crippen molar-refractivity contribution in [1.29, 1.82) is 0 Å². The molecule has 0 saturated carbocycles. The molecule has 0 aliphatic carbocycles. The van der Waals surface area contributed by atoms with Crippen molar-refractivity contribution in [3.63, 3.8) is 0 Å². The van der Waals surface area contributed by atoms with Crippen molar-refractivity contribution in [2.75, 3.05) is 18.0 Å². The van der Waals surface area contributed by atoms with Crippen LogP contribution in [0, 0.1) is 0 Å². The van der Waals surface area contributed by atoms with Gasteiger partial charge in [-0.3, -0.25) is 9.80 Å². The Labute approximate surface area is 226 Å². The Bertz CT molecular complexity index is 1280. The molecule has 2 amide bonds. The number of nitrogens with one attached hydrogen (secondary N) is 1. The topological polar surface area (TPSA) is 55.8 Å². The fourth-order valence-electron chi connectivity index (χ4n) is 5.35. The van der Waals surface area contributed by atoms with E-state index >= 15 is 0 Å². The van der Waals surface area contributed by atoms with Crippen LogP contribution >= 0.6 is 34.8 Å². The quantitative estimate of drug-likeness (QED) is 0.356. The molecular formula is C28H28Cl3N3O2. The van der Waals surface area contributed by atoms with E-state index in [1.165, 1.54) is 0 Å². The summed E-state index contributed by atoms with van der Waals surface area (Å²) in [5.74, 6) is 0.219. The maximum atomic E-state index is 13.3. The summed E-state index contributed by atoms with van der Waals surface area (Å²) in [5, 5.41) is 15.0. The first kappa shape index (κ1) is 25.4. The first-order chi connectivity index (χ1) is 17.4. The zero-order valence-corrected chi connectivity index (χ0v) is 22.2. The fraction of sp³-hybridized carbons (Fsp3) is 0.321. The molecule has 1 saturated heterocycles. The van der Waals surface area contributed by atoms with Gasteiger partial charge in [-0.1, -0.05) is 72.1 Å². The van der Waals surface area contributed by atoms with E-state index in [0.29, 0.717) is 33.7 Å². The largest absolute Gasteiger partial charge is 0.378 e. The average molecular weight is 545 g/mol. The van der Waals surface area contributed by atoms with Crippen molar-refractivity contribution >= 4 is 52.2 Å². The van der Waals surface area contributed by atoms with E-state index in [1.807, 2.05) is 24.3 Å². The molecule has 0 aromatic heterocycles. The van der Waals surface area contributed by atoms with E-state index in [1.54, 1.807) is 23.1 Å². The summed E-state index contributed by atoms with van der Waals surface area (Å²) in [6.45, 7) is 4.05. The minimum Gasteiger partial charge on any atom is -0.378 e. The summed E-state index contributed by atoms with van der Waals surface area (Å²) >= 11 is 19.8. The summed E-state index contributed by atoms with van der Waals surface area (Å²) in [6.07, 6.45) is 2.00. The van der Waals surface area contributed by atoms with Crippen LogP contribution in [0.2, 0.25) is 15.1 Å². The molecule has 5 rings (SSSR count). The molecular weight excluding hydrogens is 517 g/mol. The summed E-state index contributed by atoms with van der Waals surface area (Å²) in [7, 11) is 0. The number of carbonyl (C=O) groups excluding carboxylic acids is 1. The summed E-state index contributed by atoms with van der Waals surface area (Å²) < 4.78 is 0. The number of urea groups is 1. The number of anilines is 2. The smallest absolute Gasteiger partial charge is 0.326 e. The predicted molar refractivity (Wildman–Crippen MR) is 148 cm³/mol. The Hall–Kier alpha value is -2.28. The number of rotatable bonds is 4. The lowest BCUT2D eigenvalue weighted by atomic mass is 9.86. The third kappa shape index (κ3) is 4.71. The maximum absolute atomic E-state index is 13.3. The van der Waals surface area contributed by atoms with Crippen LogP contribution in [0.3, 0.4) is 0 Å². The lowest BCUT2D eigenvalue weighted by Gasteiger charge is -2.34. The predicted octanol–water partition coefficient (Wildman–Crippen LogP) is 7.58. The van der Waals surface area contributed by atoms with E-state index < -0.39 is 6.23 Å². The lowest BCUT2D eigenvalue weighted by Crippen LogP contribution is -2.41. The van der Waals surface area contributed by atoms with Crippen molar-refractivity contribution in [2.24, 2.45) is 0 Å². The zero-order chi connectivity index (χ0) is 25.4. The van der Waals surface area contributed by atoms with Gasteiger partial charge in [-0.2, -0.15) is 0 Å². The van der Waals surface area contributed by atoms with E-state index in [4.69, 9.17) is 34.8 Å². The SMILES string of the molecule is CCN1CCC(c2cc(-c3ccccc3Cl)c3c(c2)N(c2c(Cl)cccc2Cl)C(=O)NC3)CCC1O. The number of amides is 2. The van der Waals surface area contributed by atoms with Crippen molar-refractivity contribution in [3.05, 3.63) is 80.8 Å². The highest BCUT2D eigenvalue weighted by Crippen LogP contribution is 2.46. The molecule has 36 heavy (non-hydrogen) atoms. The standard InChI is InChI=1S/C28H28Cl3N3O2/c1-2-33-13-12-17(10-11-26(33)35)18-14-20(19-6-3-4-7-22(19)29)21-16-32-28(36)34(25(21)15-18)27-23(30)8-5-9-24(27)31/h3-9,14-15,17,26,35H,2,10-13,16H2,1H3,(H,32,36). The molecule has 2 aliphatic rings. The molecule has 2 heterocycles. The number of para-hydroxylation sites is 1. The number of likely N-dealkylation sites (tertiary alicyclic amines) is 1. The monoisotopic (exact) mass is 543 g/mol. The van der Waals surface area contributed by atoms with Gasteiger partial charge in [-0.15, -0.1) is 0 Å². The number of hydrogen-bond donors (Lipinski definition) is 2. The number of nitrogens with zero attached hydrogens (tertiary/aromatic N) is 2. The molecule has 2 unspecified atom stereocenters. The molecule has 3 aromatic carbocycles. The van der Waals surface area contributed by atoms with Gasteiger partial charge in [0.15, 0.2) is 0 Å². The molecule has 0 radical (unpaired) electrons. The molecule has 2 N–H and O–H groups in total. The number of fused-ring (bicyclic) bond motifs is 1. The molecule has 5 nitrogen and oxygen atoms in total. The Kier molecular flexibility index (Phi) is 7.47. The molecule has 3 aromatic rings. The van der Waals surface area contributed by atoms with Gasteiger partial charge in [0.05, 0.1) is 21.4 Å². The van der Waals surface area contributed by atoms with Gasteiger partial charge in [0.25, 0.3) is 0 Å². The molecule has 0 spiro atoms.